The zero-order valence-electron chi connectivity index (χ0n) is 13.8. The minimum atomic E-state index is -0.377. The van der Waals surface area contributed by atoms with E-state index in [2.05, 4.69) is 10.6 Å². The maximum absolute atomic E-state index is 12.0. The SMILES string of the molecule is COc1cccc(/C=C/NC(=O)Nc2ccc(OC)cc2OC)c1. The Morgan fingerprint density at radius 3 is 2.42 bits per heavy atom. The van der Waals surface area contributed by atoms with Crippen LogP contribution in [0.5, 0.6) is 17.2 Å². The molecule has 2 aromatic rings. The van der Waals surface area contributed by atoms with Crippen molar-refractivity contribution in [2.24, 2.45) is 0 Å². The van der Waals surface area contributed by atoms with Gasteiger partial charge in [-0.15, -0.1) is 0 Å². The second-order valence-electron chi connectivity index (χ2n) is 4.77. The van der Waals surface area contributed by atoms with Crippen LogP contribution in [0.15, 0.2) is 48.7 Å². The van der Waals surface area contributed by atoms with Crippen LogP contribution < -0.4 is 24.8 Å². The van der Waals surface area contributed by atoms with Gasteiger partial charge in [0.1, 0.15) is 17.2 Å². The van der Waals surface area contributed by atoms with E-state index in [1.807, 2.05) is 24.3 Å². The molecule has 24 heavy (non-hydrogen) atoms. The van der Waals surface area contributed by atoms with E-state index in [4.69, 9.17) is 14.2 Å². The standard InChI is InChI=1S/C18H20N2O4/c1-22-14-6-4-5-13(11-14)9-10-19-18(21)20-16-8-7-15(23-2)12-17(16)24-3/h4-12H,1-3H3,(H2,19,20,21)/b10-9+. The molecule has 2 N–H and O–H groups in total. The summed E-state index contributed by atoms with van der Waals surface area (Å²) in [5.41, 5.74) is 1.46. The van der Waals surface area contributed by atoms with E-state index in [0.29, 0.717) is 17.2 Å². The van der Waals surface area contributed by atoms with Gasteiger partial charge >= 0.3 is 6.03 Å². The minimum absolute atomic E-state index is 0.377. The van der Waals surface area contributed by atoms with Gasteiger partial charge in [-0.3, -0.25) is 0 Å². The fourth-order valence-corrected chi connectivity index (χ4v) is 2.02. The van der Waals surface area contributed by atoms with Gasteiger partial charge in [0.15, 0.2) is 0 Å². The van der Waals surface area contributed by atoms with Crippen LogP contribution in [0.2, 0.25) is 0 Å². The van der Waals surface area contributed by atoms with Crippen molar-refractivity contribution in [1.29, 1.82) is 0 Å². The second kappa shape index (κ2) is 8.47. The van der Waals surface area contributed by atoms with E-state index >= 15 is 0 Å². The number of hydrogen-bond acceptors (Lipinski definition) is 4. The Balaban J connectivity index is 1.97. The van der Waals surface area contributed by atoms with Crippen molar-refractivity contribution in [3.63, 3.8) is 0 Å². The molecule has 6 nitrogen and oxygen atoms in total. The molecule has 0 atom stereocenters. The lowest BCUT2D eigenvalue weighted by Crippen LogP contribution is -2.24. The Kier molecular flexibility index (Phi) is 6.08. The number of amides is 2. The van der Waals surface area contributed by atoms with Crippen molar-refractivity contribution in [1.82, 2.24) is 5.32 Å². The van der Waals surface area contributed by atoms with Gasteiger partial charge in [-0.1, -0.05) is 12.1 Å². The second-order valence-corrected chi connectivity index (χ2v) is 4.77. The molecule has 0 unspecified atom stereocenters. The molecule has 0 radical (unpaired) electrons. The van der Waals surface area contributed by atoms with E-state index in [0.717, 1.165) is 11.3 Å². The molecule has 0 heterocycles. The Labute approximate surface area is 141 Å². The molecule has 2 amide bonds. The first-order valence-corrected chi connectivity index (χ1v) is 7.26. The summed E-state index contributed by atoms with van der Waals surface area (Å²) >= 11 is 0. The van der Waals surface area contributed by atoms with Gasteiger partial charge in [-0.05, 0) is 35.9 Å². The predicted molar refractivity (Wildman–Crippen MR) is 93.7 cm³/mol. The summed E-state index contributed by atoms with van der Waals surface area (Å²) in [6, 6.07) is 12.3. The van der Waals surface area contributed by atoms with Crippen LogP contribution in [0.4, 0.5) is 10.5 Å². The molecule has 126 valence electrons. The number of urea groups is 1. The maximum Gasteiger partial charge on any atom is 0.323 e. The van der Waals surface area contributed by atoms with E-state index in [1.54, 1.807) is 44.7 Å². The molecule has 0 spiro atoms. The van der Waals surface area contributed by atoms with Crippen molar-refractivity contribution >= 4 is 17.8 Å². The Morgan fingerprint density at radius 1 is 0.958 bits per heavy atom. The van der Waals surface area contributed by atoms with E-state index < -0.39 is 0 Å². The topological polar surface area (TPSA) is 68.8 Å². The summed E-state index contributed by atoms with van der Waals surface area (Å²) < 4.78 is 15.5. The van der Waals surface area contributed by atoms with Crippen molar-refractivity contribution in [2.75, 3.05) is 26.6 Å². The number of hydrogen-bond donors (Lipinski definition) is 2. The fraction of sp³-hybridized carbons (Fsp3) is 0.167. The van der Waals surface area contributed by atoms with Gasteiger partial charge in [0.05, 0.1) is 27.0 Å². The monoisotopic (exact) mass is 328 g/mol. The average Bonchev–Trinajstić information content (AvgIpc) is 2.62. The number of methoxy groups -OCH3 is 3. The zero-order valence-corrected chi connectivity index (χ0v) is 13.8. The molecule has 0 aromatic heterocycles. The molecule has 0 aliphatic heterocycles. The zero-order chi connectivity index (χ0) is 17.4. The molecule has 2 rings (SSSR count). The van der Waals surface area contributed by atoms with Crippen LogP contribution in [0.3, 0.4) is 0 Å². The highest BCUT2D eigenvalue weighted by Crippen LogP contribution is 2.28. The van der Waals surface area contributed by atoms with Crippen LogP contribution in [0.1, 0.15) is 5.56 Å². The van der Waals surface area contributed by atoms with Crippen LogP contribution in [0, 0.1) is 0 Å². The van der Waals surface area contributed by atoms with Crippen LogP contribution in [0.25, 0.3) is 6.08 Å². The first-order chi connectivity index (χ1) is 11.7. The van der Waals surface area contributed by atoms with Gasteiger partial charge in [0, 0.05) is 12.3 Å². The normalized spacial score (nSPS) is 10.3. The lowest BCUT2D eigenvalue weighted by Gasteiger charge is -2.11. The molecule has 2 aromatic carbocycles. The summed E-state index contributed by atoms with van der Waals surface area (Å²) in [7, 11) is 4.70. The lowest BCUT2D eigenvalue weighted by atomic mass is 10.2. The first-order valence-electron chi connectivity index (χ1n) is 7.26. The third-order valence-electron chi connectivity index (χ3n) is 3.24. The predicted octanol–water partition coefficient (Wildman–Crippen LogP) is 3.50. The third kappa shape index (κ3) is 4.67. The number of carbonyl (C=O) groups excluding carboxylic acids is 1. The molecule has 6 heteroatoms. The van der Waals surface area contributed by atoms with Crippen LogP contribution in [-0.2, 0) is 0 Å². The Morgan fingerprint density at radius 2 is 1.71 bits per heavy atom. The van der Waals surface area contributed by atoms with E-state index in [-0.39, 0.29) is 6.03 Å². The summed E-state index contributed by atoms with van der Waals surface area (Å²) in [6.45, 7) is 0. The Bertz CT molecular complexity index is 729. The van der Waals surface area contributed by atoms with Crippen molar-refractivity contribution < 1.29 is 19.0 Å². The first kappa shape index (κ1) is 17.2. The van der Waals surface area contributed by atoms with Crippen LogP contribution in [-0.4, -0.2) is 27.4 Å². The van der Waals surface area contributed by atoms with Gasteiger partial charge in [0.2, 0.25) is 0 Å². The quantitative estimate of drug-likeness (QED) is 0.851. The fourth-order valence-electron chi connectivity index (χ4n) is 2.02. The smallest absolute Gasteiger partial charge is 0.323 e. The van der Waals surface area contributed by atoms with Crippen molar-refractivity contribution in [3.8, 4) is 17.2 Å². The summed E-state index contributed by atoms with van der Waals surface area (Å²) in [5.74, 6) is 1.92. The number of ether oxygens (including phenoxy) is 3. The number of carbonyl (C=O) groups is 1. The molecule has 0 aliphatic rings. The summed E-state index contributed by atoms with van der Waals surface area (Å²) in [4.78, 5) is 12.0. The maximum atomic E-state index is 12.0. The highest BCUT2D eigenvalue weighted by molar-refractivity contribution is 5.92. The Hall–Kier alpha value is -3.15. The largest absolute Gasteiger partial charge is 0.497 e. The number of anilines is 1. The number of benzene rings is 2. The molecular weight excluding hydrogens is 308 g/mol. The molecule has 0 bridgehead atoms. The van der Waals surface area contributed by atoms with E-state index in [9.17, 15) is 4.79 Å². The highest BCUT2D eigenvalue weighted by atomic mass is 16.5. The molecule has 0 fully saturated rings. The van der Waals surface area contributed by atoms with Gasteiger partial charge in [-0.2, -0.15) is 0 Å². The average molecular weight is 328 g/mol. The lowest BCUT2D eigenvalue weighted by molar-refractivity contribution is 0.255. The molecule has 0 saturated carbocycles. The van der Waals surface area contributed by atoms with Crippen molar-refractivity contribution in [2.45, 2.75) is 0 Å². The summed E-state index contributed by atoms with van der Waals surface area (Å²) in [5, 5.41) is 5.35. The number of nitrogens with one attached hydrogen (secondary N) is 2. The molecule has 0 saturated heterocycles. The minimum Gasteiger partial charge on any atom is -0.497 e. The third-order valence-corrected chi connectivity index (χ3v) is 3.24. The van der Waals surface area contributed by atoms with Crippen LogP contribution >= 0.6 is 0 Å². The highest BCUT2D eigenvalue weighted by Gasteiger charge is 2.07. The van der Waals surface area contributed by atoms with Gasteiger partial charge < -0.3 is 24.8 Å². The van der Waals surface area contributed by atoms with Gasteiger partial charge in [0.25, 0.3) is 0 Å². The molecular formula is C18H20N2O4. The summed E-state index contributed by atoms with van der Waals surface area (Å²) in [6.07, 6.45) is 3.33. The number of rotatable bonds is 6. The van der Waals surface area contributed by atoms with Crippen molar-refractivity contribution in [3.05, 3.63) is 54.2 Å². The van der Waals surface area contributed by atoms with Gasteiger partial charge in [-0.25, -0.2) is 4.79 Å². The van der Waals surface area contributed by atoms with E-state index in [1.165, 1.54) is 7.11 Å². The molecule has 0 aliphatic carbocycles.